The van der Waals surface area contributed by atoms with E-state index >= 15 is 0 Å². The van der Waals surface area contributed by atoms with Gasteiger partial charge in [0.25, 0.3) is 0 Å². The van der Waals surface area contributed by atoms with E-state index in [1.165, 1.54) is 19.1 Å². The van der Waals surface area contributed by atoms with Gasteiger partial charge in [-0.25, -0.2) is 0 Å². The lowest BCUT2D eigenvalue weighted by atomic mass is 9.82. The molecular formula is C22H23F3N2O4. The van der Waals surface area contributed by atoms with Crippen molar-refractivity contribution in [2.75, 3.05) is 25.7 Å². The van der Waals surface area contributed by atoms with Crippen LogP contribution in [0.2, 0.25) is 0 Å². The van der Waals surface area contributed by atoms with Crippen LogP contribution in [0, 0.1) is 5.92 Å². The first-order valence-corrected chi connectivity index (χ1v) is 9.68. The number of carbonyl (C=O) groups is 2. The molecule has 2 unspecified atom stereocenters. The highest BCUT2D eigenvalue weighted by atomic mass is 19.4. The van der Waals surface area contributed by atoms with Crippen LogP contribution >= 0.6 is 0 Å². The van der Waals surface area contributed by atoms with Gasteiger partial charge in [-0.1, -0.05) is 18.2 Å². The van der Waals surface area contributed by atoms with Crippen molar-refractivity contribution in [2.45, 2.75) is 25.1 Å². The maximum absolute atomic E-state index is 13.0. The normalized spacial score (nSPS) is 19.1. The molecule has 2 aromatic rings. The molecule has 0 bridgehead atoms. The van der Waals surface area contributed by atoms with Gasteiger partial charge in [-0.15, -0.1) is 0 Å². The first-order chi connectivity index (χ1) is 14.7. The number of methoxy groups -OCH3 is 2. The molecule has 2 amide bonds. The minimum atomic E-state index is -4.53. The number of anilines is 1. The van der Waals surface area contributed by atoms with Crippen molar-refractivity contribution < 1.29 is 32.2 Å². The lowest BCUT2D eigenvalue weighted by Crippen LogP contribution is -2.49. The van der Waals surface area contributed by atoms with Gasteiger partial charge < -0.3 is 19.7 Å². The van der Waals surface area contributed by atoms with Crippen molar-refractivity contribution in [3.8, 4) is 11.5 Å². The van der Waals surface area contributed by atoms with E-state index in [1.807, 2.05) is 5.32 Å². The van der Waals surface area contributed by atoms with Crippen molar-refractivity contribution >= 4 is 17.5 Å². The monoisotopic (exact) mass is 436 g/mol. The van der Waals surface area contributed by atoms with E-state index in [0.717, 1.165) is 0 Å². The van der Waals surface area contributed by atoms with Crippen LogP contribution in [-0.2, 0) is 9.59 Å². The highest BCUT2D eigenvalue weighted by Crippen LogP contribution is 2.43. The molecule has 0 aromatic heterocycles. The zero-order valence-corrected chi connectivity index (χ0v) is 17.1. The second-order valence-electron chi connectivity index (χ2n) is 7.13. The van der Waals surface area contributed by atoms with E-state index in [0.29, 0.717) is 22.7 Å². The molecule has 1 aliphatic rings. The van der Waals surface area contributed by atoms with Gasteiger partial charge in [0.15, 0.2) is 0 Å². The Morgan fingerprint density at radius 1 is 1.10 bits per heavy atom. The Morgan fingerprint density at radius 2 is 1.77 bits per heavy atom. The minimum absolute atomic E-state index is 0.0295. The number of hydrogen-bond donors (Lipinski definition) is 1. The molecule has 0 saturated carbocycles. The molecule has 2 aromatic carbocycles. The number of ether oxygens (including phenoxy) is 2. The summed E-state index contributed by atoms with van der Waals surface area (Å²) in [6, 6.07) is 12.7. The summed E-state index contributed by atoms with van der Waals surface area (Å²) < 4.78 is 48.6. The van der Waals surface area contributed by atoms with Gasteiger partial charge in [0.05, 0.1) is 26.2 Å². The molecule has 2 atom stereocenters. The average Bonchev–Trinajstić information content (AvgIpc) is 2.76. The Balaban J connectivity index is 2.05. The van der Waals surface area contributed by atoms with E-state index in [2.05, 4.69) is 0 Å². The zero-order valence-electron chi connectivity index (χ0n) is 17.1. The van der Waals surface area contributed by atoms with Crippen LogP contribution in [0.4, 0.5) is 18.9 Å². The highest BCUT2D eigenvalue weighted by molar-refractivity contribution is 5.97. The Labute approximate surface area is 177 Å². The third-order valence-electron chi connectivity index (χ3n) is 5.21. The number of para-hydroxylation sites is 1. The van der Waals surface area contributed by atoms with Crippen LogP contribution in [0.5, 0.6) is 11.5 Å². The zero-order chi connectivity index (χ0) is 22.6. The summed E-state index contributed by atoms with van der Waals surface area (Å²) >= 11 is 0. The molecule has 0 spiro atoms. The van der Waals surface area contributed by atoms with Crippen molar-refractivity contribution in [3.63, 3.8) is 0 Å². The first kappa shape index (κ1) is 22.5. The molecule has 1 aliphatic heterocycles. The topological polar surface area (TPSA) is 67.9 Å². The lowest BCUT2D eigenvalue weighted by Gasteiger charge is -2.41. The van der Waals surface area contributed by atoms with Crippen LogP contribution < -0.4 is 19.7 Å². The van der Waals surface area contributed by atoms with E-state index < -0.39 is 30.6 Å². The van der Waals surface area contributed by atoms with E-state index in [1.54, 1.807) is 48.5 Å². The number of piperidine rings is 1. The molecule has 0 radical (unpaired) electrons. The number of nitrogens with zero attached hydrogens (tertiary/aromatic N) is 1. The summed E-state index contributed by atoms with van der Waals surface area (Å²) in [5, 5.41) is 1.97. The molecule has 1 saturated heterocycles. The van der Waals surface area contributed by atoms with E-state index in [9.17, 15) is 22.8 Å². The average molecular weight is 436 g/mol. The maximum Gasteiger partial charge on any atom is 0.405 e. The number of benzene rings is 2. The van der Waals surface area contributed by atoms with Crippen molar-refractivity contribution in [2.24, 2.45) is 5.92 Å². The van der Waals surface area contributed by atoms with Crippen molar-refractivity contribution in [1.29, 1.82) is 0 Å². The van der Waals surface area contributed by atoms with Crippen LogP contribution in [0.25, 0.3) is 0 Å². The standard InChI is InChI=1S/C22H23F3N2O4/c1-30-15-9-7-14(8-10-15)27-19(28)12-11-17(21(29)26-13-22(23,24)25)20(27)16-5-3-4-6-18(16)31-2/h3-10,17,20H,11-13H2,1-2H3,(H,26,29). The molecule has 6 nitrogen and oxygen atoms in total. The SMILES string of the molecule is COc1ccc(N2C(=O)CCC(C(=O)NCC(F)(F)F)C2c2ccccc2OC)cc1. The number of halogens is 3. The fourth-order valence-corrected chi connectivity index (χ4v) is 3.80. The van der Waals surface area contributed by atoms with Crippen molar-refractivity contribution in [1.82, 2.24) is 5.32 Å². The number of amides is 2. The Morgan fingerprint density at radius 3 is 2.39 bits per heavy atom. The molecule has 3 rings (SSSR count). The summed E-state index contributed by atoms with van der Waals surface area (Å²) in [6.45, 7) is -1.43. The van der Waals surface area contributed by atoms with Crippen LogP contribution in [0.1, 0.15) is 24.4 Å². The second-order valence-corrected chi connectivity index (χ2v) is 7.13. The van der Waals surface area contributed by atoms with Crippen LogP contribution in [0.3, 0.4) is 0 Å². The fourth-order valence-electron chi connectivity index (χ4n) is 3.80. The van der Waals surface area contributed by atoms with Crippen LogP contribution in [-0.4, -0.2) is 38.8 Å². The molecule has 1 heterocycles. The van der Waals surface area contributed by atoms with Gasteiger partial charge >= 0.3 is 6.18 Å². The smallest absolute Gasteiger partial charge is 0.405 e. The molecule has 166 valence electrons. The number of carbonyl (C=O) groups excluding carboxylic acids is 2. The van der Waals surface area contributed by atoms with Gasteiger partial charge in [0.2, 0.25) is 11.8 Å². The van der Waals surface area contributed by atoms with Gasteiger partial charge in [0, 0.05) is 17.7 Å². The van der Waals surface area contributed by atoms with Gasteiger partial charge in [-0.2, -0.15) is 13.2 Å². The van der Waals surface area contributed by atoms with Gasteiger partial charge in [0.1, 0.15) is 18.0 Å². The third-order valence-corrected chi connectivity index (χ3v) is 5.21. The number of nitrogens with one attached hydrogen (secondary N) is 1. The number of hydrogen-bond acceptors (Lipinski definition) is 4. The minimum Gasteiger partial charge on any atom is -0.497 e. The van der Waals surface area contributed by atoms with E-state index in [-0.39, 0.29) is 18.7 Å². The van der Waals surface area contributed by atoms with Crippen LogP contribution in [0.15, 0.2) is 48.5 Å². The lowest BCUT2D eigenvalue weighted by molar-refractivity contribution is -0.142. The molecule has 31 heavy (non-hydrogen) atoms. The Bertz CT molecular complexity index is 931. The summed E-state index contributed by atoms with van der Waals surface area (Å²) in [5.41, 5.74) is 1.05. The number of rotatable bonds is 6. The molecular weight excluding hydrogens is 413 g/mol. The molecule has 9 heteroatoms. The summed E-state index contributed by atoms with van der Waals surface area (Å²) in [5.74, 6) is -0.866. The fraction of sp³-hybridized carbons (Fsp3) is 0.364. The third kappa shape index (κ3) is 5.10. The maximum atomic E-state index is 13.0. The van der Waals surface area contributed by atoms with Gasteiger partial charge in [-0.3, -0.25) is 9.59 Å². The summed E-state index contributed by atoms with van der Waals surface area (Å²) in [4.78, 5) is 27.2. The summed E-state index contributed by atoms with van der Waals surface area (Å²) in [6.07, 6.45) is -4.38. The molecule has 1 N–H and O–H groups in total. The van der Waals surface area contributed by atoms with E-state index in [4.69, 9.17) is 9.47 Å². The Kier molecular flexibility index (Phi) is 6.72. The largest absolute Gasteiger partial charge is 0.497 e. The van der Waals surface area contributed by atoms with Crippen molar-refractivity contribution in [3.05, 3.63) is 54.1 Å². The quantitative estimate of drug-likeness (QED) is 0.747. The molecule has 1 fully saturated rings. The summed E-state index contributed by atoms with van der Waals surface area (Å²) in [7, 11) is 2.97. The second kappa shape index (κ2) is 9.28. The predicted octanol–water partition coefficient (Wildman–Crippen LogP) is 3.87. The first-order valence-electron chi connectivity index (χ1n) is 9.68. The van der Waals surface area contributed by atoms with Gasteiger partial charge in [-0.05, 0) is 36.8 Å². The predicted molar refractivity (Wildman–Crippen MR) is 108 cm³/mol. The Hall–Kier alpha value is -3.23. The molecule has 0 aliphatic carbocycles. The highest BCUT2D eigenvalue weighted by Gasteiger charge is 2.43. The number of alkyl halides is 3.